The monoisotopic (exact) mass is 314 g/mol. The molecular weight excluding hydrogens is 296 g/mol. The van der Waals surface area contributed by atoms with Crippen LogP contribution in [0.15, 0.2) is 48.8 Å². The number of hydrogen-bond acceptors (Lipinski definition) is 5. The van der Waals surface area contributed by atoms with E-state index >= 15 is 0 Å². The molecule has 2 aromatic rings. The van der Waals surface area contributed by atoms with E-state index in [1.54, 1.807) is 37.6 Å². The summed E-state index contributed by atoms with van der Waals surface area (Å²) >= 11 is 0. The second-order valence-corrected chi connectivity index (χ2v) is 4.84. The lowest BCUT2D eigenvalue weighted by molar-refractivity contribution is -0.142. The van der Waals surface area contributed by atoms with Gasteiger partial charge in [0.05, 0.1) is 19.8 Å². The van der Waals surface area contributed by atoms with E-state index in [4.69, 9.17) is 9.47 Å². The summed E-state index contributed by atoms with van der Waals surface area (Å²) in [4.78, 5) is 28.0. The molecule has 1 aromatic carbocycles. The Morgan fingerprint density at radius 2 is 1.91 bits per heavy atom. The van der Waals surface area contributed by atoms with Gasteiger partial charge in [0, 0.05) is 18.8 Å². The molecule has 6 heteroatoms. The van der Waals surface area contributed by atoms with Crippen LogP contribution >= 0.6 is 0 Å². The van der Waals surface area contributed by atoms with E-state index in [1.165, 1.54) is 13.3 Å². The highest BCUT2D eigenvalue weighted by atomic mass is 16.5. The van der Waals surface area contributed by atoms with E-state index < -0.39 is 12.0 Å². The topological polar surface area (TPSA) is 77.5 Å². The SMILES string of the molecule is COC(=O)[C@H](Cc1ccc(OC)cc1)NC(=O)c1cccnc1. The van der Waals surface area contributed by atoms with Gasteiger partial charge in [-0.25, -0.2) is 4.79 Å². The number of amides is 1. The first-order valence-corrected chi connectivity index (χ1v) is 7.05. The first kappa shape index (κ1) is 16.5. The van der Waals surface area contributed by atoms with Gasteiger partial charge in [-0.05, 0) is 29.8 Å². The predicted molar refractivity (Wildman–Crippen MR) is 84.2 cm³/mol. The van der Waals surface area contributed by atoms with E-state index in [0.29, 0.717) is 12.0 Å². The molecule has 0 saturated carbocycles. The van der Waals surface area contributed by atoms with Crippen LogP contribution in [0.2, 0.25) is 0 Å². The van der Waals surface area contributed by atoms with Crippen LogP contribution in [0.5, 0.6) is 5.75 Å². The number of aromatic nitrogens is 1. The Balaban J connectivity index is 2.10. The van der Waals surface area contributed by atoms with Gasteiger partial charge in [-0.2, -0.15) is 0 Å². The van der Waals surface area contributed by atoms with Gasteiger partial charge >= 0.3 is 5.97 Å². The molecule has 0 fully saturated rings. The van der Waals surface area contributed by atoms with Gasteiger partial charge in [0.2, 0.25) is 0 Å². The fraction of sp³-hybridized carbons (Fsp3) is 0.235. The molecule has 1 aromatic heterocycles. The molecule has 1 heterocycles. The van der Waals surface area contributed by atoms with E-state index in [1.807, 2.05) is 12.1 Å². The highest BCUT2D eigenvalue weighted by Crippen LogP contribution is 2.13. The van der Waals surface area contributed by atoms with E-state index in [2.05, 4.69) is 10.3 Å². The third kappa shape index (κ3) is 4.54. The van der Waals surface area contributed by atoms with Crippen molar-refractivity contribution in [2.75, 3.05) is 14.2 Å². The number of pyridine rings is 1. The number of carbonyl (C=O) groups excluding carboxylic acids is 2. The van der Waals surface area contributed by atoms with Crippen LogP contribution in [0.1, 0.15) is 15.9 Å². The lowest BCUT2D eigenvalue weighted by atomic mass is 10.1. The fourth-order valence-corrected chi connectivity index (χ4v) is 2.07. The Bertz CT molecular complexity index is 656. The van der Waals surface area contributed by atoms with E-state index in [9.17, 15) is 9.59 Å². The van der Waals surface area contributed by atoms with E-state index in [-0.39, 0.29) is 5.91 Å². The van der Waals surface area contributed by atoms with E-state index in [0.717, 1.165) is 11.3 Å². The van der Waals surface area contributed by atoms with Crippen molar-refractivity contribution >= 4 is 11.9 Å². The van der Waals surface area contributed by atoms with Crippen LogP contribution in [0.25, 0.3) is 0 Å². The summed E-state index contributed by atoms with van der Waals surface area (Å²) in [6.45, 7) is 0. The van der Waals surface area contributed by atoms with Crippen molar-refractivity contribution in [2.24, 2.45) is 0 Å². The minimum absolute atomic E-state index is 0.322. The standard InChI is InChI=1S/C17H18N2O4/c1-22-14-7-5-12(6-8-14)10-15(17(21)23-2)19-16(20)13-4-3-9-18-11-13/h3-9,11,15H,10H2,1-2H3,(H,19,20)/t15-/m0/s1. The molecule has 2 rings (SSSR count). The Morgan fingerprint density at radius 3 is 2.48 bits per heavy atom. The van der Waals surface area contributed by atoms with Gasteiger partial charge in [-0.3, -0.25) is 9.78 Å². The number of esters is 1. The van der Waals surface area contributed by atoms with Gasteiger partial charge in [-0.15, -0.1) is 0 Å². The quantitative estimate of drug-likeness (QED) is 0.820. The molecule has 1 N–H and O–H groups in total. The lowest BCUT2D eigenvalue weighted by Gasteiger charge is -2.16. The fourth-order valence-electron chi connectivity index (χ4n) is 2.07. The zero-order chi connectivity index (χ0) is 16.7. The van der Waals surface area contributed by atoms with Crippen LogP contribution in [0.3, 0.4) is 0 Å². The average Bonchev–Trinajstić information content (AvgIpc) is 2.61. The second kappa shape index (κ2) is 7.93. The predicted octanol–water partition coefficient (Wildman–Crippen LogP) is 1.60. The van der Waals surface area contributed by atoms with Crippen molar-refractivity contribution in [1.29, 1.82) is 0 Å². The normalized spacial score (nSPS) is 11.4. The number of hydrogen-bond donors (Lipinski definition) is 1. The van der Waals surface area contributed by atoms with Crippen LogP contribution in [0.4, 0.5) is 0 Å². The molecule has 0 aliphatic rings. The summed E-state index contributed by atoms with van der Waals surface area (Å²) < 4.78 is 9.87. The Morgan fingerprint density at radius 1 is 1.17 bits per heavy atom. The zero-order valence-corrected chi connectivity index (χ0v) is 13.0. The largest absolute Gasteiger partial charge is 0.497 e. The van der Waals surface area contributed by atoms with Crippen molar-refractivity contribution < 1.29 is 19.1 Å². The molecule has 0 bridgehead atoms. The summed E-state index contributed by atoms with van der Waals surface area (Å²) in [6.07, 6.45) is 3.34. The van der Waals surface area contributed by atoms with Gasteiger partial charge in [-0.1, -0.05) is 12.1 Å². The number of nitrogens with one attached hydrogen (secondary N) is 1. The molecular formula is C17H18N2O4. The number of ether oxygens (including phenoxy) is 2. The smallest absolute Gasteiger partial charge is 0.328 e. The van der Waals surface area contributed by atoms with Crippen LogP contribution < -0.4 is 10.1 Å². The van der Waals surface area contributed by atoms with Gasteiger partial charge in [0.25, 0.3) is 5.91 Å². The first-order valence-electron chi connectivity index (χ1n) is 7.05. The van der Waals surface area contributed by atoms with Gasteiger partial charge in [0.15, 0.2) is 0 Å². The number of benzene rings is 1. The molecule has 1 amide bonds. The zero-order valence-electron chi connectivity index (χ0n) is 13.0. The third-order valence-electron chi connectivity index (χ3n) is 3.31. The summed E-state index contributed by atoms with van der Waals surface area (Å²) in [7, 11) is 2.87. The average molecular weight is 314 g/mol. The molecule has 120 valence electrons. The van der Waals surface area contributed by atoms with Crippen molar-refractivity contribution in [3.8, 4) is 5.75 Å². The first-order chi connectivity index (χ1) is 11.1. The molecule has 6 nitrogen and oxygen atoms in total. The van der Waals surface area contributed by atoms with Crippen LogP contribution in [-0.4, -0.2) is 37.1 Å². The summed E-state index contributed by atoms with van der Waals surface area (Å²) in [5.41, 5.74) is 1.27. The summed E-state index contributed by atoms with van der Waals surface area (Å²) in [5.74, 6) is -0.150. The number of methoxy groups -OCH3 is 2. The molecule has 0 unspecified atom stereocenters. The maximum absolute atomic E-state index is 12.2. The Hall–Kier alpha value is -2.89. The van der Waals surface area contributed by atoms with Crippen molar-refractivity contribution in [3.63, 3.8) is 0 Å². The van der Waals surface area contributed by atoms with Crippen LogP contribution in [-0.2, 0) is 16.0 Å². The second-order valence-electron chi connectivity index (χ2n) is 4.84. The summed E-state index contributed by atoms with van der Waals surface area (Å²) in [6, 6.07) is 9.78. The van der Waals surface area contributed by atoms with Crippen molar-refractivity contribution in [3.05, 3.63) is 59.9 Å². The minimum atomic E-state index is -0.777. The molecule has 0 aliphatic heterocycles. The third-order valence-corrected chi connectivity index (χ3v) is 3.31. The van der Waals surface area contributed by atoms with Gasteiger partial charge in [0.1, 0.15) is 11.8 Å². The maximum atomic E-state index is 12.2. The molecule has 0 saturated heterocycles. The molecule has 23 heavy (non-hydrogen) atoms. The summed E-state index contributed by atoms with van der Waals surface area (Å²) in [5, 5.41) is 2.68. The van der Waals surface area contributed by atoms with Crippen molar-refractivity contribution in [2.45, 2.75) is 12.5 Å². The molecule has 0 spiro atoms. The maximum Gasteiger partial charge on any atom is 0.328 e. The van der Waals surface area contributed by atoms with Gasteiger partial charge < -0.3 is 14.8 Å². The number of nitrogens with zero attached hydrogens (tertiary/aromatic N) is 1. The highest BCUT2D eigenvalue weighted by Gasteiger charge is 2.22. The molecule has 0 aliphatic carbocycles. The molecule has 1 atom stereocenters. The van der Waals surface area contributed by atoms with Crippen molar-refractivity contribution in [1.82, 2.24) is 10.3 Å². The Kier molecular flexibility index (Phi) is 5.68. The number of carbonyl (C=O) groups is 2. The highest BCUT2D eigenvalue weighted by molar-refractivity contribution is 5.96. The molecule has 0 radical (unpaired) electrons. The Labute approximate surface area is 134 Å². The minimum Gasteiger partial charge on any atom is -0.497 e. The van der Waals surface area contributed by atoms with Crippen LogP contribution in [0, 0.1) is 0 Å². The number of rotatable bonds is 6. The lowest BCUT2D eigenvalue weighted by Crippen LogP contribution is -2.43.